The molecule has 1 spiro atoms. The van der Waals surface area contributed by atoms with Crippen LogP contribution in [-0.4, -0.2) is 29.3 Å². The summed E-state index contributed by atoms with van der Waals surface area (Å²) in [5.74, 6) is 0.726. The van der Waals surface area contributed by atoms with E-state index in [1.54, 1.807) is 12.1 Å². The first-order valence-corrected chi connectivity index (χ1v) is 5.12. The van der Waals surface area contributed by atoms with Crippen LogP contribution in [0.1, 0.15) is 12.8 Å². The molecule has 1 saturated carbocycles. The lowest BCUT2D eigenvalue weighted by Gasteiger charge is -2.27. The molecule has 0 amide bonds. The Kier molecular flexibility index (Phi) is 2.78. The number of ether oxygens (including phenoxy) is 1. The lowest BCUT2D eigenvalue weighted by atomic mass is 9.80. The van der Waals surface area contributed by atoms with Crippen molar-refractivity contribution in [3.63, 3.8) is 0 Å². The van der Waals surface area contributed by atoms with E-state index in [9.17, 15) is 0 Å². The summed E-state index contributed by atoms with van der Waals surface area (Å²) in [5, 5.41) is 21.4. The number of hydrogen-bond donors (Lipinski definition) is 3. The van der Waals surface area contributed by atoms with Crippen molar-refractivity contribution >= 4 is 30.7 Å². The van der Waals surface area contributed by atoms with Gasteiger partial charge in [-0.2, -0.15) is 0 Å². The summed E-state index contributed by atoms with van der Waals surface area (Å²) in [6.07, 6.45) is 2.15. The minimum atomic E-state index is -1.43. The highest BCUT2D eigenvalue weighted by molar-refractivity contribution is 6.58. The van der Waals surface area contributed by atoms with E-state index in [4.69, 9.17) is 14.8 Å². The molecule has 0 bridgehead atoms. The molecule has 3 rings (SSSR count). The van der Waals surface area contributed by atoms with E-state index >= 15 is 0 Å². The number of hydrogen-bond acceptors (Lipinski definition) is 4. The van der Waals surface area contributed by atoms with Crippen LogP contribution >= 0.6 is 12.4 Å². The van der Waals surface area contributed by atoms with Crippen molar-refractivity contribution in [3.8, 4) is 5.75 Å². The maximum atomic E-state index is 9.05. The predicted octanol–water partition coefficient (Wildman–Crippen LogP) is 0.125. The van der Waals surface area contributed by atoms with Crippen LogP contribution in [0.4, 0.5) is 5.69 Å². The van der Waals surface area contributed by atoms with Crippen molar-refractivity contribution in [2.45, 2.75) is 18.4 Å². The van der Waals surface area contributed by atoms with Crippen molar-refractivity contribution in [2.75, 3.05) is 11.9 Å². The second kappa shape index (κ2) is 3.84. The highest BCUT2D eigenvalue weighted by atomic mass is 35.5. The summed E-state index contributed by atoms with van der Waals surface area (Å²) < 4.78 is 5.84. The number of nitrogens with one attached hydrogen (secondary N) is 1. The summed E-state index contributed by atoms with van der Waals surface area (Å²) in [7, 11) is -1.43. The summed E-state index contributed by atoms with van der Waals surface area (Å²) in [5.41, 5.74) is 1.37. The van der Waals surface area contributed by atoms with Crippen molar-refractivity contribution in [2.24, 2.45) is 0 Å². The molecule has 86 valence electrons. The van der Waals surface area contributed by atoms with Crippen molar-refractivity contribution in [1.82, 2.24) is 0 Å². The second-order valence-electron chi connectivity index (χ2n) is 4.27. The van der Waals surface area contributed by atoms with Crippen molar-refractivity contribution in [1.29, 1.82) is 0 Å². The van der Waals surface area contributed by atoms with Gasteiger partial charge in [0.2, 0.25) is 0 Å². The number of fused-ring (bicyclic) bond motifs is 1. The average molecular weight is 241 g/mol. The number of halogens is 1. The molecule has 0 atom stereocenters. The Bertz CT molecular complexity index is 409. The van der Waals surface area contributed by atoms with Crippen LogP contribution in [0.15, 0.2) is 18.2 Å². The van der Waals surface area contributed by atoms with Gasteiger partial charge in [0, 0.05) is 0 Å². The molecule has 1 aromatic carbocycles. The molecule has 0 aromatic heterocycles. The third-order valence-electron chi connectivity index (χ3n) is 3.04. The Morgan fingerprint density at radius 1 is 1.31 bits per heavy atom. The Morgan fingerprint density at radius 3 is 2.69 bits per heavy atom. The SMILES string of the molecule is Cl.OB(O)c1ccc2c(c1)OC1(CC1)CN2. The predicted molar refractivity (Wildman–Crippen MR) is 64.6 cm³/mol. The number of benzene rings is 1. The van der Waals surface area contributed by atoms with E-state index in [1.807, 2.05) is 6.07 Å². The maximum Gasteiger partial charge on any atom is 0.488 e. The van der Waals surface area contributed by atoms with E-state index < -0.39 is 7.12 Å². The maximum absolute atomic E-state index is 9.05. The van der Waals surface area contributed by atoms with Gasteiger partial charge in [0.25, 0.3) is 0 Å². The van der Waals surface area contributed by atoms with Crippen LogP contribution in [0.2, 0.25) is 0 Å². The number of anilines is 1. The van der Waals surface area contributed by atoms with Gasteiger partial charge in [-0.15, -0.1) is 12.4 Å². The Morgan fingerprint density at radius 2 is 2.06 bits per heavy atom. The summed E-state index contributed by atoms with van der Waals surface area (Å²) in [6, 6.07) is 5.19. The highest BCUT2D eigenvalue weighted by Crippen LogP contribution is 2.45. The Hall–Kier alpha value is -0.905. The molecule has 6 heteroatoms. The van der Waals surface area contributed by atoms with Gasteiger partial charge in [-0.05, 0) is 30.4 Å². The third kappa shape index (κ3) is 1.86. The monoisotopic (exact) mass is 241 g/mol. The molecule has 1 aliphatic heterocycles. The molecule has 1 heterocycles. The molecule has 4 nitrogen and oxygen atoms in total. The summed E-state index contributed by atoms with van der Waals surface area (Å²) >= 11 is 0. The average Bonchev–Trinajstić information content (AvgIpc) is 2.96. The van der Waals surface area contributed by atoms with Gasteiger partial charge in [0.1, 0.15) is 11.4 Å². The van der Waals surface area contributed by atoms with Gasteiger partial charge in [0.15, 0.2) is 0 Å². The molecular weight excluding hydrogens is 228 g/mol. The van der Waals surface area contributed by atoms with Gasteiger partial charge in [0.05, 0.1) is 12.2 Å². The Labute approximate surface area is 100 Å². The fourth-order valence-electron chi connectivity index (χ4n) is 1.87. The number of rotatable bonds is 1. The standard InChI is InChI=1S/C10H12BNO3.ClH/c13-11(14)7-1-2-8-9(5-7)15-10(3-4-10)6-12-8;/h1-2,5,12-14H,3-4,6H2;1H. The van der Waals surface area contributed by atoms with E-state index in [-0.39, 0.29) is 18.0 Å². The van der Waals surface area contributed by atoms with E-state index in [1.165, 1.54) is 0 Å². The van der Waals surface area contributed by atoms with E-state index in [0.717, 1.165) is 30.8 Å². The zero-order valence-corrected chi connectivity index (χ0v) is 9.46. The molecule has 0 unspecified atom stereocenters. The first kappa shape index (κ1) is 11.6. The summed E-state index contributed by atoms with van der Waals surface area (Å²) in [4.78, 5) is 0. The zero-order chi connectivity index (χ0) is 10.5. The molecule has 2 aliphatic rings. The van der Waals surface area contributed by atoms with Crippen LogP contribution < -0.4 is 15.5 Å². The molecule has 0 radical (unpaired) electrons. The fourth-order valence-corrected chi connectivity index (χ4v) is 1.87. The zero-order valence-electron chi connectivity index (χ0n) is 8.64. The minimum absolute atomic E-state index is 0. The van der Waals surface area contributed by atoms with Gasteiger partial charge in [-0.25, -0.2) is 0 Å². The van der Waals surface area contributed by atoms with Crippen molar-refractivity contribution in [3.05, 3.63) is 18.2 Å². The highest BCUT2D eigenvalue weighted by Gasteiger charge is 2.47. The first-order valence-electron chi connectivity index (χ1n) is 5.12. The van der Waals surface area contributed by atoms with Crippen LogP contribution in [0.25, 0.3) is 0 Å². The molecule has 1 aromatic rings. The van der Waals surface area contributed by atoms with Gasteiger partial charge < -0.3 is 20.1 Å². The van der Waals surface area contributed by atoms with E-state index in [2.05, 4.69) is 5.32 Å². The fraction of sp³-hybridized carbons (Fsp3) is 0.400. The summed E-state index contributed by atoms with van der Waals surface area (Å²) in [6.45, 7) is 0.848. The van der Waals surface area contributed by atoms with Crippen LogP contribution in [0.5, 0.6) is 5.75 Å². The molecule has 16 heavy (non-hydrogen) atoms. The Balaban J connectivity index is 0.000000963. The second-order valence-corrected chi connectivity index (χ2v) is 4.27. The lowest BCUT2D eigenvalue weighted by molar-refractivity contribution is 0.184. The van der Waals surface area contributed by atoms with Gasteiger partial charge >= 0.3 is 7.12 Å². The lowest BCUT2D eigenvalue weighted by Crippen LogP contribution is -2.35. The van der Waals surface area contributed by atoms with Crippen LogP contribution in [-0.2, 0) is 0 Å². The largest absolute Gasteiger partial charge is 0.488 e. The molecule has 3 N–H and O–H groups in total. The first-order chi connectivity index (χ1) is 7.19. The van der Waals surface area contributed by atoms with Gasteiger partial charge in [-0.1, -0.05) is 6.07 Å². The van der Waals surface area contributed by atoms with Gasteiger partial charge in [-0.3, -0.25) is 0 Å². The minimum Gasteiger partial charge on any atom is -0.483 e. The quantitative estimate of drug-likeness (QED) is 0.612. The molecule has 1 fully saturated rings. The van der Waals surface area contributed by atoms with E-state index in [0.29, 0.717) is 5.46 Å². The normalized spacial score (nSPS) is 18.9. The third-order valence-corrected chi connectivity index (χ3v) is 3.04. The van der Waals surface area contributed by atoms with Crippen molar-refractivity contribution < 1.29 is 14.8 Å². The smallest absolute Gasteiger partial charge is 0.483 e. The topological polar surface area (TPSA) is 61.7 Å². The van der Waals surface area contributed by atoms with Crippen LogP contribution in [0, 0.1) is 0 Å². The molecular formula is C10H13BClNO3. The molecule has 1 aliphatic carbocycles. The molecule has 0 saturated heterocycles. The van der Waals surface area contributed by atoms with Crippen LogP contribution in [0.3, 0.4) is 0 Å².